The minimum Gasteiger partial charge on any atom is -0.481 e. The molecule has 1 aromatic rings. The zero-order valence-corrected chi connectivity index (χ0v) is 11.8. The van der Waals surface area contributed by atoms with Gasteiger partial charge >= 0.3 is 5.97 Å². The second kappa shape index (κ2) is 7.17. The molecule has 21 heavy (non-hydrogen) atoms. The highest BCUT2D eigenvalue weighted by molar-refractivity contribution is 5.70. The van der Waals surface area contributed by atoms with E-state index in [1.54, 1.807) is 12.1 Å². The van der Waals surface area contributed by atoms with E-state index < -0.39 is 10.9 Å². The first-order valence-corrected chi connectivity index (χ1v) is 7.25. The van der Waals surface area contributed by atoms with Crippen molar-refractivity contribution in [2.24, 2.45) is 11.8 Å². The molecule has 1 aliphatic carbocycles. The maximum atomic E-state index is 11.2. The molecule has 6 nitrogen and oxygen atoms in total. The predicted octanol–water partition coefficient (Wildman–Crippen LogP) is 2.58. The summed E-state index contributed by atoms with van der Waals surface area (Å²) in [5, 5.41) is 23.2. The van der Waals surface area contributed by atoms with E-state index in [-0.39, 0.29) is 17.5 Å². The Bertz CT molecular complexity index is 518. The molecular weight excluding hydrogens is 272 g/mol. The van der Waals surface area contributed by atoms with Crippen LogP contribution in [0.4, 0.5) is 5.69 Å². The summed E-state index contributed by atoms with van der Waals surface area (Å²) in [6.07, 6.45) is 3.74. The summed E-state index contributed by atoms with van der Waals surface area (Å²) in [6, 6.07) is 6.50. The van der Waals surface area contributed by atoms with E-state index in [2.05, 4.69) is 5.32 Å². The highest BCUT2D eigenvalue weighted by Gasteiger charge is 2.30. The smallest absolute Gasteiger partial charge is 0.306 e. The number of non-ortho nitro benzene ring substituents is 1. The van der Waals surface area contributed by atoms with E-state index in [1.807, 2.05) is 6.07 Å². The largest absolute Gasteiger partial charge is 0.481 e. The number of aliphatic carboxylic acids is 1. The summed E-state index contributed by atoms with van der Waals surface area (Å²) in [7, 11) is 0. The number of carbonyl (C=O) groups is 1. The number of nitrogens with one attached hydrogen (secondary N) is 1. The predicted molar refractivity (Wildman–Crippen MR) is 77.9 cm³/mol. The molecule has 0 aliphatic heterocycles. The molecule has 0 aromatic heterocycles. The van der Waals surface area contributed by atoms with E-state index in [9.17, 15) is 20.0 Å². The summed E-state index contributed by atoms with van der Waals surface area (Å²) in [5.41, 5.74) is 0.919. The third kappa shape index (κ3) is 4.26. The summed E-state index contributed by atoms with van der Waals surface area (Å²) in [5.74, 6) is -0.830. The number of carboxylic acid groups (broad SMARTS) is 1. The van der Waals surface area contributed by atoms with Crippen LogP contribution in [0.1, 0.15) is 31.2 Å². The van der Waals surface area contributed by atoms with E-state index in [0.29, 0.717) is 13.1 Å². The Balaban J connectivity index is 1.87. The molecule has 0 bridgehead atoms. The van der Waals surface area contributed by atoms with Gasteiger partial charge in [0.15, 0.2) is 0 Å². The van der Waals surface area contributed by atoms with Crippen molar-refractivity contribution in [3.05, 3.63) is 39.9 Å². The number of carboxylic acids is 1. The maximum absolute atomic E-state index is 11.2. The van der Waals surface area contributed by atoms with Crippen molar-refractivity contribution in [3.8, 4) is 0 Å². The summed E-state index contributed by atoms with van der Waals surface area (Å²) in [6.45, 7) is 1.16. The third-order valence-corrected chi connectivity index (χ3v) is 4.08. The topological polar surface area (TPSA) is 92.5 Å². The van der Waals surface area contributed by atoms with Gasteiger partial charge in [-0.1, -0.05) is 25.0 Å². The number of benzene rings is 1. The lowest BCUT2D eigenvalue weighted by atomic mass is 9.79. The van der Waals surface area contributed by atoms with Gasteiger partial charge in [-0.3, -0.25) is 14.9 Å². The molecule has 6 heteroatoms. The van der Waals surface area contributed by atoms with Crippen molar-refractivity contribution in [1.29, 1.82) is 0 Å². The van der Waals surface area contributed by atoms with Gasteiger partial charge in [-0.05, 0) is 30.9 Å². The van der Waals surface area contributed by atoms with Crippen molar-refractivity contribution in [1.82, 2.24) is 5.32 Å². The van der Waals surface area contributed by atoms with Crippen molar-refractivity contribution >= 4 is 11.7 Å². The zero-order chi connectivity index (χ0) is 15.2. The molecule has 1 fully saturated rings. The van der Waals surface area contributed by atoms with Crippen molar-refractivity contribution in [3.63, 3.8) is 0 Å². The highest BCUT2D eigenvalue weighted by Crippen LogP contribution is 2.29. The number of rotatable bonds is 6. The lowest BCUT2D eigenvalue weighted by molar-refractivity contribution is -0.384. The molecule has 2 atom stereocenters. The van der Waals surface area contributed by atoms with Gasteiger partial charge in [0.05, 0.1) is 10.8 Å². The molecule has 1 aromatic carbocycles. The summed E-state index contributed by atoms with van der Waals surface area (Å²) >= 11 is 0. The van der Waals surface area contributed by atoms with Crippen LogP contribution in [-0.4, -0.2) is 22.5 Å². The van der Waals surface area contributed by atoms with Crippen LogP contribution >= 0.6 is 0 Å². The van der Waals surface area contributed by atoms with Crippen molar-refractivity contribution in [2.75, 3.05) is 6.54 Å². The first-order valence-electron chi connectivity index (χ1n) is 7.25. The monoisotopic (exact) mass is 292 g/mol. The molecule has 1 aliphatic rings. The number of nitrogens with zero attached hydrogens (tertiary/aromatic N) is 1. The maximum Gasteiger partial charge on any atom is 0.306 e. The van der Waals surface area contributed by atoms with Crippen LogP contribution in [0, 0.1) is 22.0 Å². The Morgan fingerprint density at radius 3 is 2.86 bits per heavy atom. The second-order valence-electron chi connectivity index (χ2n) is 5.55. The average molecular weight is 292 g/mol. The van der Waals surface area contributed by atoms with Gasteiger partial charge in [0, 0.05) is 18.7 Å². The van der Waals surface area contributed by atoms with Crippen LogP contribution in [0.15, 0.2) is 24.3 Å². The van der Waals surface area contributed by atoms with Crippen LogP contribution in [0.3, 0.4) is 0 Å². The van der Waals surface area contributed by atoms with E-state index in [1.165, 1.54) is 6.07 Å². The quantitative estimate of drug-likeness (QED) is 0.621. The second-order valence-corrected chi connectivity index (χ2v) is 5.55. The van der Waals surface area contributed by atoms with Crippen LogP contribution in [0.25, 0.3) is 0 Å². The fourth-order valence-corrected chi connectivity index (χ4v) is 2.96. The van der Waals surface area contributed by atoms with Gasteiger partial charge in [-0.25, -0.2) is 0 Å². The standard InChI is InChI=1S/C15H20N2O4/c18-15(19)14-7-2-1-5-12(14)10-16-9-11-4-3-6-13(8-11)17(20)21/h3-4,6,8,12,14,16H,1-2,5,7,9-10H2,(H,18,19). The molecule has 0 radical (unpaired) electrons. The van der Waals surface area contributed by atoms with Crippen LogP contribution < -0.4 is 5.32 Å². The molecule has 2 unspecified atom stereocenters. The third-order valence-electron chi connectivity index (χ3n) is 4.08. The minimum absolute atomic E-state index is 0.0791. The molecule has 0 saturated heterocycles. The first kappa shape index (κ1) is 15.4. The average Bonchev–Trinajstić information content (AvgIpc) is 2.48. The van der Waals surface area contributed by atoms with Crippen LogP contribution in [0.2, 0.25) is 0 Å². The highest BCUT2D eigenvalue weighted by atomic mass is 16.6. The Morgan fingerprint density at radius 2 is 2.14 bits per heavy atom. The van der Waals surface area contributed by atoms with Gasteiger partial charge in [0.1, 0.15) is 0 Å². The molecule has 114 valence electrons. The van der Waals surface area contributed by atoms with Crippen molar-refractivity contribution in [2.45, 2.75) is 32.2 Å². The SMILES string of the molecule is O=C(O)C1CCCCC1CNCc1cccc([N+](=O)[O-])c1. The fraction of sp³-hybridized carbons (Fsp3) is 0.533. The lowest BCUT2D eigenvalue weighted by Crippen LogP contribution is -2.34. The molecule has 0 amide bonds. The minimum atomic E-state index is -0.711. The van der Waals surface area contributed by atoms with E-state index in [0.717, 1.165) is 31.2 Å². The number of hydrogen-bond acceptors (Lipinski definition) is 4. The van der Waals surface area contributed by atoms with E-state index >= 15 is 0 Å². The normalized spacial score (nSPS) is 21.9. The van der Waals surface area contributed by atoms with Gasteiger partial charge in [0.25, 0.3) is 5.69 Å². The number of nitro groups is 1. The van der Waals surface area contributed by atoms with Gasteiger partial charge in [0.2, 0.25) is 0 Å². The Hall–Kier alpha value is -1.95. The summed E-state index contributed by atoms with van der Waals surface area (Å²) < 4.78 is 0. The number of hydrogen-bond donors (Lipinski definition) is 2. The molecule has 2 N–H and O–H groups in total. The van der Waals surface area contributed by atoms with Gasteiger partial charge < -0.3 is 10.4 Å². The van der Waals surface area contributed by atoms with Crippen molar-refractivity contribution < 1.29 is 14.8 Å². The molecule has 1 saturated carbocycles. The van der Waals surface area contributed by atoms with E-state index in [4.69, 9.17) is 0 Å². The van der Waals surface area contributed by atoms with Crippen LogP contribution in [0.5, 0.6) is 0 Å². The molecule has 2 rings (SSSR count). The first-order chi connectivity index (χ1) is 10.1. The van der Waals surface area contributed by atoms with Gasteiger partial charge in [-0.15, -0.1) is 0 Å². The molecule has 0 heterocycles. The molecular formula is C15H20N2O4. The van der Waals surface area contributed by atoms with Gasteiger partial charge in [-0.2, -0.15) is 0 Å². The summed E-state index contributed by atoms with van der Waals surface area (Å²) in [4.78, 5) is 21.5. The Kier molecular flexibility index (Phi) is 5.27. The Morgan fingerprint density at radius 1 is 1.38 bits per heavy atom. The fourth-order valence-electron chi connectivity index (χ4n) is 2.96. The molecule has 0 spiro atoms. The lowest BCUT2D eigenvalue weighted by Gasteiger charge is -2.28. The van der Waals surface area contributed by atoms with Crippen LogP contribution in [-0.2, 0) is 11.3 Å². The number of nitro benzene ring substituents is 1. The zero-order valence-electron chi connectivity index (χ0n) is 11.8. The Labute approximate surface area is 123 Å².